The summed E-state index contributed by atoms with van der Waals surface area (Å²) in [7, 11) is 0. The van der Waals surface area contributed by atoms with Crippen molar-refractivity contribution in [1.82, 2.24) is 0 Å². The Labute approximate surface area is 95.1 Å². The molecule has 3 N–H and O–H groups in total. The first-order chi connectivity index (χ1) is 4.18. The summed E-state index contributed by atoms with van der Waals surface area (Å²) in [6.07, 6.45) is 2.48. The Morgan fingerprint density at radius 2 is 2.18 bits per heavy atom. The Balaban J connectivity index is -0.000000320. The molecule has 0 aromatic rings. The molecular weight excluding hydrogens is 392 g/mol. The van der Waals surface area contributed by atoms with Crippen LogP contribution in [0.2, 0.25) is 0 Å². The molecule has 0 aliphatic heterocycles. The summed E-state index contributed by atoms with van der Waals surface area (Å²) >= 11 is 1.60. The Bertz CT molecular complexity index is 106. The van der Waals surface area contributed by atoms with Crippen molar-refractivity contribution in [2.75, 3.05) is 12.0 Å². The fourth-order valence-corrected chi connectivity index (χ4v) is 0.858. The van der Waals surface area contributed by atoms with Crippen LogP contribution in [0.15, 0.2) is 0 Å². The van der Waals surface area contributed by atoms with E-state index in [0.717, 1.165) is 5.75 Å². The monoisotopic (exact) mass is 402 g/mol. The third-order valence-corrected chi connectivity index (χ3v) is 1.59. The van der Waals surface area contributed by atoms with Gasteiger partial charge in [0.15, 0.2) is 0 Å². The van der Waals surface area contributed by atoms with Gasteiger partial charge in [0.05, 0.1) is 0 Å². The SMILES string of the molecule is CSCCC(N)C(=O)O.[Ni].[Pt]. The van der Waals surface area contributed by atoms with Gasteiger partial charge in [0.25, 0.3) is 0 Å². The number of carbonyl (C=O) groups is 1. The molecule has 0 aromatic heterocycles. The molecule has 11 heavy (non-hydrogen) atoms. The normalized spacial score (nSPS) is 10.7. The summed E-state index contributed by atoms with van der Waals surface area (Å²) in [6.45, 7) is 0. The van der Waals surface area contributed by atoms with E-state index in [4.69, 9.17) is 10.8 Å². The number of hydrogen-bond donors (Lipinski definition) is 2. The van der Waals surface area contributed by atoms with Crippen molar-refractivity contribution in [1.29, 1.82) is 0 Å². The second-order valence-corrected chi connectivity index (χ2v) is 2.71. The molecule has 0 saturated heterocycles. The quantitative estimate of drug-likeness (QED) is 0.657. The summed E-state index contributed by atoms with van der Waals surface area (Å²) < 4.78 is 0. The zero-order valence-corrected chi connectivity index (χ0v) is 10.0. The van der Waals surface area contributed by atoms with Crippen LogP contribution in [0.4, 0.5) is 0 Å². The van der Waals surface area contributed by atoms with Gasteiger partial charge in [-0.15, -0.1) is 0 Å². The summed E-state index contributed by atoms with van der Waals surface area (Å²) in [5.41, 5.74) is 5.19. The molecule has 3 nitrogen and oxygen atoms in total. The van der Waals surface area contributed by atoms with Crippen LogP contribution in [0.5, 0.6) is 0 Å². The molecule has 0 saturated carbocycles. The van der Waals surface area contributed by atoms with E-state index in [1.165, 1.54) is 0 Å². The Hall–Kier alpha value is 0.962. The van der Waals surface area contributed by atoms with Gasteiger partial charge in [-0.3, -0.25) is 4.79 Å². The van der Waals surface area contributed by atoms with Crippen molar-refractivity contribution in [2.24, 2.45) is 5.73 Å². The summed E-state index contributed by atoms with van der Waals surface area (Å²) in [4.78, 5) is 10.1. The molecular formula is C5H11NNiO2PtS. The standard InChI is InChI=1S/C5H11NO2S.Ni.Pt/c1-9-3-2-4(6)5(7)8;;/h4H,2-3,6H2,1H3,(H,7,8);;. The third-order valence-electron chi connectivity index (χ3n) is 0.950. The Morgan fingerprint density at radius 1 is 1.73 bits per heavy atom. The second-order valence-electron chi connectivity index (χ2n) is 1.73. The molecule has 0 aromatic carbocycles. The predicted molar refractivity (Wildman–Crippen MR) is 38.6 cm³/mol. The Kier molecular flexibility index (Phi) is 17.8. The van der Waals surface area contributed by atoms with Gasteiger partial charge in [-0.25, -0.2) is 0 Å². The van der Waals surface area contributed by atoms with E-state index in [-0.39, 0.29) is 37.6 Å². The van der Waals surface area contributed by atoms with E-state index in [1.54, 1.807) is 11.8 Å². The van der Waals surface area contributed by atoms with Crippen LogP contribution < -0.4 is 5.73 Å². The zero-order chi connectivity index (χ0) is 7.28. The van der Waals surface area contributed by atoms with Crippen LogP contribution in [-0.4, -0.2) is 29.1 Å². The number of hydrogen-bond acceptors (Lipinski definition) is 3. The van der Waals surface area contributed by atoms with Crippen LogP contribution in [0.25, 0.3) is 0 Å². The molecule has 6 heteroatoms. The van der Waals surface area contributed by atoms with E-state index in [2.05, 4.69) is 0 Å². The van der Waals surface area contributed by atoms with Crippen molar-refractivity contribution in [3.05, 3.63) is 0 Å². The van der Waals surface area contributed by atoms with Gasteiger partial charge in [0, 0.05) is 37.6 Å². The number of carboxylic acid groups (broad SMARTS) is 1. The van der Waals surface area contributed by atoms with E-state index >= 15 is 0 Å². The van der Waals surface area contributed by atoms with Gasteiger partial charge < -0.3 is 10.8 Å². The summed E-state index contributed by atoms with van der Waals surface area (Å²) in [5.74, 6) is -0.1000. The van der Waals surface area contributed by atoms with Gasteiger partial charge in [0.2, 0.25) is 0 Å². The van der Waals surface area contributed by atoms with Crippen molar-refractivity contribution >= 4 is 17.7 Å². The minimum Gasteiger partial charge on any atom is -0.480 e. The topological polar surface area (TPSA) is 63.3 Å². The molecule has 0 spiro atoms. The first kappa shape index (κ1) is 17.9. The van der Waals surface area contributed by atoms with Gasteiger partial charge in [-0.2, -0.15) is 11.8 Å². The first-order valence-electron chi connectivity index (χ1n) is 2.65. The molecule has 0 heterocycles. The molecule has 0 radical (unpaired) electrons. The van der Waals surface area contributed by atoms with Crippen molar-refractivity contribution in [3.8, 4) is 0 Å². The van der Waals surface area contributed by atoms with Gasteiger partial charge in [0.1, 0.15) is 6.04 Å². The largest absolute Gasteiger partial charge is 0.480 e. The van der Waals surface area contributed by atoms with E-state index < -0.39 is 12.0 Å². The van der Waals surface area contributed by atoms with Crippen LogP contribution in [-0.2, 0) is 42.4 Å². The smallest absolute Gasteiger partial charge is 0.320 e. The predicted octanol–water partition coefficient (Wildman–Crippen LogP) is 0.146. The minimum atomic E-state index is -0.913. The molecule has 74 valence electrons. The van der Waals surface area contributed by atoms with E-state index in [9.17, 15) is 4.79 Å². The number of carboxylic acids is 1. The first-order valence-corrected chi connectivity index (χ1v) is 4.05. The molecule has 1 unspecified atom stereocenters. The van der Waals surface area contributed by atoms with Gasteiger partial charge in [-0.1, -0.05) is 0 Å². The van der Waals surface area contributed by atoms with E-state index in [1.807, 2.05) is 6.26 Å². The van der Waals surface area contributed by atoms with Crippen LogP contribution in [0.1, 0.15) is 6.42 Å². The number of thioether (sulfide) groups is 1. The maximum atomic E-state index is 10.1. The molecule has 0 amide bonds. The average molecular weight is 403 g/mol. The maximum Gasteiger partial charge on any atom is 0.320 e. The third kappa shape index (κ3) is 11.0. The summed E-state index contributed by atoms with van der Waals surface area (Å²) in [6, 6.07) is -0.683. The van der Waals surface area contributed by atoms with Crippen molar-refractivity contribution in [3.63, 3.8) is 0 Å². The molecule has 0 bridgehead atoms. The van der Waals surface area contributed by atoms with Crippen molar-refractivity contribution in [2.45, 2.75) is 12.5 Å². The number of aliphatic carboxylic acids is 1. The second kappa shape index (κ2) is 11.0. The summed E-state index contributed by atoms with van der Waals surface area (Å²) in [5, 5.41) is 8.27. The van der Waals surface area contributed by atoms with E-state index in [0.29, 0.717) is 6.42 Å². The van der Waals surface area contributed by atoms with Crippen molar-refractivity contribution < 1.29 is 47.5 Å². The molecule has 0 aliphatic carbocycles. The Morgan fingerprint density at radius 3 is 2.45 bits per heavy atom. The molecule has 1 atom stereocenters. The minimum absolute atomic E-state index is 0. The average Bonchev–Trinajstić information content (AvgIpc) is 1.82. The van der Waals surface area contributed by atoms with Crippen LogP contribution in [0.3, 0.4) is 0 Å². The van der Waals surface area contributed by atoms with Gasteiger partial charge >= 0.3 is 5.97 Å². The number of rotatable bonds is 4. The number of nitrogens with two attached hydrogens (primary N) is 1. The fourth-order valence-electron chi connectivity index (χ4n) is 0.368. The van der Waals surface area contributed by atoms with Crippen LogP contribution in [0, 0.1) is 0 Å². The van der Waals surface area contributed by atoms with Gasteiger partial charge in [-0.05, 0) is 18.4 Å². The fraction of sp³-hybridized carbons (Fsp3) is 0.800. The zero-order valence-electron chi connectivity index (χ0n) is 5.97. The van der Waals surface area contributed by atoms with Crippen LogP contribution >= 0.6 is 11.8 Å². The molecule has 0 aliphatic rings. The maximum absolute atomic E-state index is 10.1. The molecule has 0 fully saturated rings. The molecule has 0 rings (SSSR count).